The van der Waals surface area contributed by atoms with Gasteiger partial charge in [-0.2, -0.15) is 0 Å². The van der Waals surface area contributed by atoms with Gasteiger partial charge in [0.05, 0.1) is 23.7 Å². The summed E-state index contributed by atoms with van der Waals surface area (Å²) in [4.78, 5) is 30.1. The lowest BCUT2D eigenvalue weighted by atomic mass is 10.2. The Morgan fingerprint density at radius 3 is 2.45 bits per heavy atom. The van der Waals surface area contributed by atoms with E-state index in [-0.39, 0.29) is 49.1 Å². The molecule has 0 fully saturated rings. The smallest absolute Gasteiger partial charge is 0.307 e. The Morgan fingerprint density at radius 1 is 1.10 bits per heavy atom. The van der Waals surface area contributed by atoms with Crippen LogP contribution in [0.4, 0.5) is 0 Å². The number of esters is 1. The van der Waals surface area contributed by atoms with Crippen molar-refractivity contribution in [3.63, 3.8) is 0 Å². The van der Waals surface area contributed by atoms with E-state index >= 15 is 0 Å². The third-order valence-electron chi connectivity index (χ3n) is 4.30. The Balaban J connectivity index is 2.05. The molecule has 0 radical (unpaired) electrons. The fraction of sp³-hybridized carbons (Fsp3) is 0.381. The Morgan fingerprint density at radius 2 is 1.83 bits per heavy atom. The van der Waals surface area contributed by atoms with Crippen LogP contribution in [-0.4, -0.2) is 49.1 Å². The molecule has 2 aromatic rings. The third kappa shape index (κ3) is 7.30. The van der Waals surface area contributed by atoms with Crippen LogP contribution in [0.2, 0.25) is 0 Å². The molecule has 0 aliphatic rings. The van der Waals surface area contributed by atoms with Crippen LogP contribution in [0.15, 0.2) is 53.7 Å². The number of pyridine rings is 1. The number of ether oxygens (including phenoxy) is 1. The average molecular weight is 419 g/mol. The topological polar surface area (TPSA) is 93.6 Å². The number of aromatic nitrogens is 1. The molecule has 7 nitrogen and oxygen atoms in total. The van der Waals surface area contributed by atoms with E-state index in [2.05, 4.69) is 4.98 Å². The molecule has 0 aliphatic heterocycles. The first-order valence-corrected chi connectivity index (χ1v) is 11.1. The molecule has 29 heavy (non-hydrogen) atoms. The highest BCUT2D eigenvalue weighted by molar-refractivity contribution is 7.91. The molecule has 2 rings (SSSR count). The summed E-state index contributed by atoms with van der Waals surface area (Å²) in [6.45, 7) is 4.25. The summed E-state index contributed by atoms with van der Waals surface area (Å²) < 4.78 is 30.0. The number of amides is 1. The van der Waals surface area contributed by atoms with Crippen molar-refractivity contribution in [3.8, 4) is 0 Å². The predicted octanol–water partition coefficient (Wildman–Crippen LogP) is 2.54. The first kappa shape index (κ1) is 22.5. The van der Waals surface area contributed by atoms with Gasteiger partial charge in [0.2, 0.25) is 5.91 Å². The number of benzene rings is 1. The lowest BCUT2D eigenvalue weighted by Crippen LogP contribution is -2.34. The first-order valence-electron chi connectivity index (χ1n) is 9.43. The van der Waals surface area contributed by atoms with Crippen LogP contribution in [-0.2, 0) is 30.7 Å². The van der Waals surface area contributed by atoms with E-state index in [4.69, 9.17) is 4.74 Å². The number of nitrogens with zero attached hydrogens (tertiary/aromatic N) is 2. The van der Waals surface area contributed by atoms with Crippen LogP contribution in [0.1, 0.15) is 30.9 Å². The Hall–Kier alpha value is -2.74. The van der Waals surface area contributed by atoms with E-state index < -0.39 is 15.8 Å². The van der Waals surface area contributed by atoms with Crippen molar-refractivity contribution in [3.05, 3.63) is 59.9 Å². The van der Waals surface area contributed by atoms with Crippen molar-refractivity contribution in [2.45, 2.75) is 38.1 Å². The summed E-state index contributed by atoms with van der Waals surface area (Å²) in [5, 5.41) is 0. The van der Waals surface area contributed by atoms with Gasteiger partial charge in [0.1, 0.15) is 0 Å². The molecule has 1 amide bonds. The fourth-order valence-corrected chi connectivity index (χ4v) is 3.94. The number of hydrogen-bond donors (Lipinski definition) is 0. The maximum absolute atomic E-state index is 12.7. The van der Waals surface area contributed by atoms with Gasteiger partial charge in [0, 0.05) is 31.9 Å². The normalized spacial score (nSPS) is 11.1. The van der Waals surface area contributed by atoms with E-state index in [1.54, 1.807) is 49.6 Å². The summed E-state index contributed by atoms with van der Waals surface area (Å²) in [6.07, 6.45) is 3.14. The summed E-state index contributed by atoms with van der Waals surface area (Å²) in [6, 6.07) is 10.1. The van der Waals surface area contributed by atoms with E-state index in [1.807, 2.05) is 13.0 Å². The predicted molar refractivity (Wildman–Crippen MR) is 109 cm³/mol. The maximum atomic E-state index is 12.7. The van der Waals surface area contributed by atoms with Crippen molar-refractivity contribution >= 4 is 21.7 Å². The largest absolute Gasteiger partial charge is 0.466 e. The van der Waals surface area contributed by atoms with Gasteiger partial charge in [-0.3, -0.25) is 14.6 Å². The van der Waals surface area contributed by atoms with Crippen LogP contribution >= 0.6 is 0 Å². The Kier molecular flexibility index (Phi) is 8.33. The molecule has 8 heteroatoms. The maximum Gasteiger partial charge on any atom is 0.307 e. The second-order valence-corrected chi connectivity index (χ2v) is 8.72. The van der Waals surface area contributed by atoms with E-state index in [9.17, 15) is 18.0 Å². The molecular weight excluding hydrogens is 392 g/mol. The molecule has 1 heterocycles. The van der Waals surface area contributed by atoms with Gasteiger partial charge in [-0.25, -0.2) is 8.42 Å². The Bertz CT molecular complexity index is 912. The highest BCUT2D eigenvalue weighted by Crippen LogP contribution is 2.14. The average Bonchev–Trinajstić information content (AvgIpc) is 2.70. The van der Waals surface area contributed by atoms with Crippen molar-refractivity contribution in [1.29, 1.82) is 0 Å². The molecule has 0 atom stereocenters. The first-order chi connectivity index (χ1) is 13.8. The van der Waals surface area contributed by atoms with Gasteiger partial charge in [-0.1, -0.05) is 23.8 Å². The summed E-state index contributed by atoms with van der Waals surface area (Å²) in [5.41, 5.74) is 1.76. The molecule has 1 aromatic heterocycles. The van der Waals surface area contributed by atoms with Gasteiger partial charge >= 0.3 is 5.97 Å². The number of hydrogen-bond acceptors (Lipinski definition) is 6. The molecular formula is C21H26N2O5S. The van der Waals surface area contributed by atoms with Crippen molar-refractivity contribution in [1.82, 2.24) is 9.88 Å². The molecule has 0 bridgehead atoms. The lowest BCUT2D eigenvalue weighted by molar-refractivity contribution is -0.144. The summed E-state index contributed by atoms with van der Waals surface area (Å²) in [5.74, 6) is -1.03. The van der Waals surface area contributed by atoms with E-state index in [1.165, 1.54) is 4.90 Å². The van der Waals surface area contributed by atoms with Crippen molar-refractivity contribution in [2.24, 2.45) is 0 Å². The highest BCUT2D eigenvalue weighted by Gasteiger charge is 2.21. The molecule has 0 saturated heterocycles. The third-order valence-corrected chi connectivity index (χ3v) is 6.04. The van der Waals surface area contributed by atoms with Crippen molar-refractivity contribution < 1.29 is 22.7 Å². The molecule has 1 aromatic carbocycles. The quantitative estimate of drug-likeness (QED) is 0.551. The number of aryl methyl sites for hydroxylation is 1. The van der Waals surface area contributed by atoms with Crippen LogP contribution in [0.25, 0.3) is 0 Å². The monoisotopic (exact) mass is 418 g/mol. The van der Waals surface area contributed by atoms with Gasteiger partial charge in [-0.05, 0) is 37.6 Å². The summed E-state index contributed by atoms with van der Waals surface area (Å²) in [7, 11) is -3.57. The second kappa shape index (κ2) is 10.7. The van der Waals surface area contributed by atoms with Gasteiger partial charge in [0.25, 0.3) is 0 Å². The minimum atomic E-state index is -3.57. The fourth-order valence-electron chi connectivity index (χ4n) is 2.71. The molecule has 0 spiro atoms. The van der Waals surface area contributed by atoms with Crippen LogP contribution in [0, 0.1) is 6.92 Å². The van der Waals surface area contributed by atoms with Gasteiger partial charge < -0.3 is 9.64 Å². The second-order valence-electron chi connectivity index (χ2n) is 6.61. The van der Waals surface area contributed by atoms with Crippen LogP contribution < -0.4 is 0 Å². The minimum Gasteiger partial charge on any atom is -0.466 e. The van der Waals surface area contributed by atoms with Crippen LogP contribution in [0.3, 0.4) is 0 Å². The number of sulfone groups is 1. The minimum absolute atomic E-state index is 0.0462. The molecule has 0 saturated carbocycles. The van der Waals surface area contributed by atoms with E-state index in [0.717, 1.165) is 11.1 Å². The number of carbonyl (C=O) groups is 2. The van der Waals surface area contributed by atoms with E-state index in [0.29, 0.717) is 0 Å². The Labute approximate surface area is 171 Å². The highest BCUT2D eigenvalue weighted by atomic mass is 32.2. The SMILES string of the molecule is CCOC(=O)CCN(Cc1cccnc1)C(=O)CCS(=O)(=O)c1ccc(C)cc1. The zero-order valence-corrected chi connectivity index (χ0v) is 17.5. The van der Waals surface area contributed by atoms with Crippen LogP contribution in [0.5, 0.6) is 0 Å². The number of rotatable bonds is 10. The van der Waals surface area contributed by atoms with Gasteiger partial charge in [-0.15, -0.1) is 0 Å². The molecule has 0 unspecified atom stereocenters. The molecule has 0 N–H and O–H groups in total. The lowest BCUT2D eigenvalue weighted by Gasteiger charge is -2.22. The van der Waals surface area contributed by atoms with Crippen molar-refractivity contribution in [2.75, 3.05) is 18.9 Å². The standard InChI is InChI=1S/C21H26N2O5S/c1-3-28-21(25)10-13-23(16-18-5-4-12-22-15-18)20(24)11-14-29(26,27)19-8-6-17(2)7-9-19/h4-9,12,15H,3,10-11,13-14,16H2,1-2H3. The molecule has 156 valence electrons. The summed E-state index contributed by atoms with van der Waals surface area (Å²) >= 11 is 0. The zero-order chi connectivity index (χ0) is 21.3. The van der Waals surface area contributed by atoms with Gasteiger partial charge in [0.15, 0.2) is 9.84 Å². The molecule has 0 aliphatic carbocycles. The number of carbonyl (C=O) groups excluding carboxylic acids is 2. The zero-order valence-electron chi connectivity index (χ0n) is 16.7.